The zero-order valence-corrected chi connectivity index (χ0v) is 20.6. The molecule has 186 valence electrons. The van der Waals surface area contributed by atoms with Crippen molar-refractivity contribution >= 4 is 28.8 Å². The monoisotopic (exact) mass is 486 g/mol. The first kappa shape index (κ1) is 23.9. The number of aliphatic carboxylic acids is 1. The van der Waals surface area contributed by atoms with E-state index < -0.39 is 5.97 Å². The number of hydrogen-bond acceptors (Lipinski definition) is 5. The van der Waals surface area contributed by atoms with Gasteiger partial charge in [0.25, 0.3) is 0 Å². The maximum atomic E-state index is 12.6. The van der Waals surface area contributed by atoms with Crippen molar-refractivity contribution < 1.29 is 19.4 Å². The summed E-state index contributed by atoms with van der Waals surface area (Å²) in [6.45, 7) is 2.02. The fourth-order valence-corrected chi connectivity index (χ4v) is 5.89. The normalized spacial score (nSPS) is 21.6. The number of carbonyl (C=O) groups is 2. The lowest BCUT2D eigenvalue weighted by molar-refractivity contribution is -0.143. The second-order valence-electron chi connectivity index (χ2n) is 9.85. The molecule has 1 aromatic heterocycles. The summed E-state index contributed by atoms with van der Waals surface area (Å²) in [6.07, 6.45) is 4.53. The van der Waals surface area contributed by atoms with Gasteiger partial charge in [-0.3, -0.25) is 9.69 Å². The Morgan fingerprint density at radius 3 is 2.58 bits per heavy atom. The van der Waals surface area contributed by atoms with Crippen LogP contribution in [0.25, 0.3) is 11.0 Å². The number of hydrogen-bond donors (Lipinski definition) is 1. The van der Waals surface area contributed by atoms with Gasteiger partial charge in [0.05, 0.1) is 41.4 Å². The van der Waals surface area contributed by atoms with Crippen LogP contribution in [0.3, 0.4) is 0 Å². The highest BCUT2D eigenvalue weighted by molar-refractivity contribution is 5.95. The van der Waals surface area contributed by atoms with Crippen molar-refractivity contribution in [2.45, 2.75) is 64.0 Å². The van der Waals surface area contributed by atoms with Gasteiger partial charge in [0.15, 0.2) is 0 Å². The fraction of sp³-hybridized carbons (Fsp3) is 0.429. The number of imidazole rings is 1. The fourth-order valence-electron chi connectivity index (χ4n) is 5.89. The Bertz CT molecular complexity index is 1360. The van der Waals surface area contributed by atoms with Crippen LogP contribution in [0, 0.1) is 17.2 Å². The molecular formula is C28H30N4O4. The van der Waals surface area contributed by atoms with Crippen LogP contribution in [0.2, 0.25) is 0 Å². The summed E-state index contributed by atoms with van der Waals surface area (Å²) < 4.78 is 7.34. The van der Waals surface area contributed by atoms with E-state index >= 15 is 0 Å². The molecule has 1 aliphatic heterocycles. The topological polar surface area (TPSA) is 108 Å². The largest absolute Gasteiger partial charge is 0.481 e. The molecule has 2 aliphatic rings. The molecule has 1 amide bonds. The van der Waals surface area contributed by atoms with Crippen molar-refractivity contribution in [2.24, 2.45) is 5.92 Å². The molecule has 5 rings (SSSR count). The van der Waals surface area contributed by atoms with E-state index in [-0.39, 0.29) is 24.1 Å². The third-order valence-electron chi connectivity index (χ3n) is 7.80. The molecule has 2 aromatic carbocycles. The Morgan fingerprint density at radius 1 is 1.14 bits per heavy atom. The predicted octanol–water partition coefficient (Wildman–Crippen LogP) is 5.22. The molecule has 8 heteroatoms. The molecule has 0 saturated heterocycles. The number of carbonyl (C=O) groups excluding carboxylic acids is 1. The van der Waals surface area contributed by atoms with Gasteiger partial charge in [-0.15, -0.1) is 0 Å². The maximum absolute atomic E-state index is 12.6. The van der Waals surface area contributed by atoms with Crippen LogP contribution in [0.15, 0.2) is 36.4 Å². The third kappa shape index (κ3) is 4.09. The van der Waals surface area contributed by atoms with Crippen molar-refractivity contribution in [1.29, 1.82) is 5.26 Å². The number of amides is 1. The lowest BCUT2D eigenvalue weighted by Gasteiger charge is -2.34. The van der Waals surface area contributed by atoms with Gasteiger partial charge in [0.2, 0.25) is 0 Å². The van der Waals surface area contributed by atoms with Gasteiger partial charge in [-0.05, 0) is 69.2 Å². The van der Waals surface area contributed by atoms with Gasteiger partial charge in [0, 0.05) is 24.1 Å². The number of ether oxygens (including phenoxy) is 1. The quantitative estimate of drug-likeness (QED) is 0.541. The van der Waals surface area contributed by atoms with Gasteiger partial charge in [0.1, 0.15) is 5.82 Å². The molecule has 0 bridgehead atoms. The molecule has 8 nitrogen and oxygen atoms in total. The molecule has 1 atom stereocenters. The Labute approximate surface area is 210 Å². The summed E-state index contributed by atoms with van der Waals surface area (Å²) in [5.74, 6) is -0.164. The molecule has 1 fully saturated rings. The predicted molar refractivity (Wildman–Crippen MR) is 135 cm³/mol. The van der Waals surface area contributed by atoms with E-state index in [0.717, 1.165) is 59.4 Å². The molecule has 0 radical (unpaired) electrons. The van der Waals surface area contributed by atoms with E-state index in [9.17, 15) is 20.0 Å². The number of fused-ring (bicyclic) bond motifs is 3. The van der Waals surface area contributed by atoms with Crippen LogP contribution in [-0.2, 0) is 22.4 Å². The van der Waals surface area contributed by atoms with Gasteiger partial charge < -0.3 is 14.4 Å². The van der Waals surface area contributed by atoms with Crippen molar-refractivity contribution in [1.82, 2.24) is 9.55 Å². The van der Waals surface area contributed by atoms with Crippen LogP contribution in [0.5, 0.6) is 0 Å². The van der Waals surface area contributed by atoms with Crippen molar-refractivity contribution in [3.05, 3.63) is 58.9 Å². The first-order chi connectivity index (χ1) is 17.4. The first-order valence-corrected chi connectivity index (χ1v) is 12.5. The molecule has 1 aliphatic carbocycles. The second-order valence-corrected chi connectivity index (χ2v) is 9.85. The van der Waals surface area contributed by atoms with E-state index in [0.29, 0.717) is 24.8 Å². The average Bonchev–Trinajstić information content (AvgIpc) is 3.26. The summed E-state index contributed by atoms with van der Waals surface area (Å²) in [5.41, 5.74) is 5.27. The SMILES string of the molecule is COC(=O)N1c2ccc3c(nc(Cc4ccccc4C#N)n3C3CCC(C(=O)O)CC3)c2CC[C@@H]1C. The Kier molecular flexibility index (Phi) is 6.40. The van der Waals surface area contributed by atoms with E-state index in [1.165, 1.54) is 7.11 Å². The Morgan fingerprint density at radius 2 is 1.89 bits per heavy atom. The first-order valence-electron chi connectivity index (χ1n) is 12.5. The number of carboxylic acids is 1. The van der Waals surface area contributed by atoms with Gasteiger partial charge in [-0.2, -0.15) is 5.26 Å². The Hall–Kier alpha value is -3.86. The van der Waals surface area contributed by atoms with Crippen molar-refractivity contribution in [3.8, 4) is 6.07 Å². The minimum atomic E-state index is -0.724. The van der Waals surface area contributed by atoms with Gasteiger partial charge >= 0.3 is 12.1 Å². The van der Waals surface area contributed by atoms with Crippen LogP contribution in [-0.4, -0.2) is 39.9 Å². The van der Waals surface area contributed by atoms with Crippen molar-refractivity contribution in [3.63, 3.8) is 0 Å². The van der Waals surface area contributed by atoms with Crippen LogP contribution in [0.1, 0.15) is 67.6 Å². The molecule has 2 heterocycles. The van der Waals surface area contributed by atoms with Crippen LogP contribution < -0.4 is 4.90 Å². The molecule has 1 N–H and O–H groups in total. The number of rotatable bonds is 4. The van der Waals surface area contributed by atoms with Crippen LogP contribution >= 0.6 is 0 Å². The van der Waals surface area contributed by atoms with E-state index in [2.05, 4.69) is 10.6 Å². The highest BCUT2D eigenvalue weighted by atomic mass is 16.5. The molecule has 0 unspecified atom stereocenters. The van der Waals surface area contributed by atoms with E-state index in [1.807, 2.05) is 43.3 Å². The highest BCUT2D eigenvalue weighted by Gasteiger charge is 2.33. The molecule has 1 saturated carbocycles. The number of methoxy groups -OCH3 is 1. The third-order valence-corrected chi connectivity index (χ3v) is 7.80. The summed E-state index contributed by atoms with van der Waals surface area (Å²) >= 11 is 0. The number of carboxylic acid groups (broad SMARTS) is 1. The summed E-state index contributed by atoms with van der Waals surface area (Å²) in [7, 11) is 1.40. The smallest absolute Gasteiger partial charge is 0.414 e. The number of nitrogens with zero attached hydrogens (tertiary/aromatic N) is 4. The highest BCUT2D eigenvalue weighted by Crippen LogP contribution is 2.40. The molecule has 36 heavy (non-hydrogen) atoms. The molecule has 0 spiro atoms. The minimum absolute atomic E-state index is 0.0257. The number of anilines is 1. The Balaban J connectivity index is 1.64. The number of aromatic nitrogens is 2. The zero-order chi connectivity index (χ0) is 25.4. The standard InChI is InChI=1S/C28H30N4O4/c1-17-7-12-22-23(31(17)28(35)36-2)13-14-24-26(22)30-25(15-19-5-3-4-6-20(19)16-29)32(24)21-10-8-18(9-11-21)27(33)34/h3-6,13-14,17-18,21H,7-12,15H2,1-2H3,(H,33,34)/t17-,18?,21?/m0/s1. The van der Waals surface area contributed by atoms with Crippen molar-refractivity contribution in [2.75, 3.05) is 12.0 Å². The average molecular weight is 487 g/mol. The second kappa shape index (κ2) is 9.65. The summed E-state index contributed by atoms with van der Waals surface area (Å²) in [5, 5.41) is 19.1. The number of benzene rings is 2. The lowest BCUT2D eigenvalue weighted by Crippen LogP contribution is -2.42. The van der Waals surface area contributed by atoms with E-state index in [1.54, 1.807) is 4.90 Å². The maximum Gasteiger partial charge on any atom is 0.414 e. The lowest BCUT2D eigenvalue weighted by atomic mass is 9.85. The van der Waals surface area contributed by atoms with Gasteiger partial charge in [-0.25, -0.2) is 9.78 Å². The van der Waals surface area contributed by atoms with Crippen LogP contribution in [0.4, 0.5) is 10.5 Å². The molecule has 3 aromatic rings. The van der Waals surface area contributed by atoms with E-state index in [4.69, 9.17) is 9.72 Å². The zero-order valence-electron chi connectivity index (χ0n) is 20.6. The minimum Gasteiger partial charge on any atom is -0.481 e. The van der Waals surface area contributed by atoms with Gasteiger partial charge in [-0.1, -0.05) is 18.2 Å². The molecular weight excluding hydrogens is 456 g/mol. The summed E-state index contributed by atoms with van der Waals surface area (Å²) in [4.78, 5) is 31.0. The number of nitriles is 1. The summed E-state index contributed by atoms with van der Waals surface area (Å²) in [6, 6.07) is 14.0. The number of aryl methyl sites for hydroxylation is 1.